The van der Waals surface area contributed by atoms with Crippen molar-refractivity contribution in [1.29, 1.82) is 0 Å². The average Bonchev–Trinajstić information content (AvgIpc) is 1.99. The fraction of sp³-hybridized carbons (Fsp3) is 0.500. The Morgan fingerprint density at radius 1 is 1.83 bits per heavy atom. The van der Waals surface area contributed by atoms with Crippen molar-refractivity contribution in [1.82, 2.24) is 0 Å². The summed E-state index contributed by atoms with van der Waals surface area (Å²) in [5, 5.41) is 9.25. The van der Waals surface area contributed by atoms with Crippen molar-refractivity contribution in [3.8, 4) is 0 Å². The summed E-state index contributed by atoms with van der Waals surface area (Å²) >= 11 is 0. The Morgan fingerprint density at radius 3 is 2.67 bits per heavy atom. The van der Waals surface area contributed by atoms with Crippen LogP contribution in [-0.2, 0) is 13.9 Å². The van der Waals surface area contributed by atoms with Gasteiger partial charge in [0.15, 0.2) is 5.78 Å². The fourth-order valence-corrected chi connectivity index (χ4v) is 0.898. The zero-order valence-electron chi connectivity index (χ0n) is 6.61. The maximum absolute atomic E-state index is 10.8. The average molecular weight is 194 g/mol. The highest BCUT2D eigenvalue weighted by molar-refractivity contribution is 7.32. The zero-order valence-corrected chi connectivity index (χ0v) is 7.61. The molecule has 0 aliphatic carbocycles. The molecule has 0 fully saturated rings. The maximum atomic E-state index is 10.8. The topological polar surface area (TPSA) is 83.8 Å². The van der Waals surface area contributed by atoms with Crippen molar-refractivity contribution in [2.75, 3.05) is 6.61 Å². The molecule has 2 unspecified atom stereocenters. The highest BCUT2D eigenvalue weighted by Crippen LogP contribution is 2.18. The SMILES string of the molecule is C=CC(=O)C(C)(O)CO[PH](=O)O. The van der Waals surface area contributed by atoms with E-state index in [1.54, 1.807) is 0 Å². The van der Waals surface area contributed by atoms with E-state index < -0.39 is 26.2 Å². The van der Waals surface area contributed by atoms with Gasteiger partial charge in [-0.2, -0.15) is 0 Å². The Balaban J connectivity index is 4.12. The number of hydrogen-bond acceptors (Lipinski definition) is 4. The number of carbonyl (C=O) groups excluding carboxylic acids is 1. The van der Waals surface area contributed by atoms with Crippen LogP contribution in [0.15, 0.2) is 12.7 Å². The first-order valence-electron chi connectivity index (χ1n) is 3.15. The second-order valence-electron chi connectivity index (χ2n) is 2.40. The minimum absolute atomic E-state index is 0.508. The largest absolute Gasteiger partial charge is 0.380 e. The molecule has 0 radical (unpaired) electrons. The lowest BCUT2D eigenvalue weighted by atomic mass is 10.0. The van der Waals surface area contributed by atoms with Gasteiger partial charge < -0.3 is 14.5 Å². The van der Waals surface area contributed by atoms with E-state index in [9.17, 15) is 14.5 Å². The Labute approximate surface area is 70.6 Å². The summed E-state index contributed by atoms with van der Waals surface area (Å²) in [6.45, 7) is 3.83. The highest BCUT2D eigenvalue weighted by atomic mass is 31.1. The Bertz CT molecular complexity index is 210. The van der Waals surface area contributed by atoms with Gasteiger partial charge in [-0.3, -0.25) is 9.36 Å². The third-order valence-electron chi connectivity index (χ3n) is 1.19. The van der Waals surface area contributed by atoms with Crippen molar-refractivity contribution in [2.24, 2.45) is 0 Å². The maximum Gasteiger partial charge on any atom is 0.316 e. The third-order valence-corrected chi connectivity index (χ3v) is 1.58. The predicted octanol–water partition coefficient (Wildman–Crippen LogP) is -0.109. The van der Waals surface area contributed by atoms with Crippen molar-refractivity contribution < 1.29 is 23.9 Å². The molecule has 0 aliphatic rings. The lowest BCUT2D eigenvalue weighted by Gasteiger charge is -2.18. The molecule has 12 heavy (non-hydrogen) atoms. The van der Waals surface area contributed by atoms with Gasteiger partial charge in [-0.1, -0.05) is 6.58 Å². The first-order chi connectivity index (χ1) is 5.40. The van der Waals surface area contributed by atoms with Crippen LogP contribution >= 0.6 is 8.25 Å². The molecule has 2 atom stereocenters. The van der Waals surface area contributed by atoms with Crippen LogP contribution in [-0.4, -0.2) is 28.0 Å². The minimum atomic E-state index is -3.11. The van der Waals surface area contributed by atoms with Crippen molar-refractivity contribution >= 4 is 14.0 Å². The van der Waals surface area contributed by atoms with E-state index in [2.05, 4.69) is 11.1 Å². The lowest BCUT2D eigenvalue weighted by molar-refractivity contribution is -0.133. The normalized spacial score (nSPS) is 17.9. The number of aliphatic hydroxyl groups is 1. The van der Waals surface area contributed by atoms with E-state index in [4.69, 9.17) is 4.89 Å². The molecule has 0 aromatic rings. The summed E-state index contributed by atoms with van der Waals surface area (Å²) in [5.41, 5.74) is -1.77. The summed E-state index contributed by atoms with van der Waals surface area (Å²) < 4.78 is 14.3. The predicted molar refractivity (Wildman–Crippen MR) is 43.0 cm³/mol. The van der Waals surface area contributed by atoms with Crippen LogP contribution in [0.25, 0.3) is 0 Å². The van der Waals surface area contributed by atoms with Gasteiger partial charge in [-0.15, -0.1) is 0 Å². The van der Waals surface area contributed by atoms with Gasteiger partial charge in [0.25, 0.3) is 0 Å². The van der Waals surface area contributed by atoms with Gasteiger partial charge >= 0.3 is 8.25 Å². The Morgan fingerprint density at radius 2 is 2.33 bits per heavy atom. The lowest BCUT2D eigenvalue weighted by Crippen LogP contribution is -2.38. The second-order valence-corrected chi connectivity index (χ2v) is 3.22. The molecule has 0 aromatic heterocycles. The van der Waals surface area contributed by atoms with Crippen LogP contribution in [0.4, 0.5) is 0 Å². The first-order valence-corrected chi connectivity index (χ1v) is 4.41. The van der Waals surface area contributed by atoms with Crippen LogP contribution in [0, 0.1) is 0 Å². The van der Waals surface area contributed by atoms with Crippen LogP contribution in [0.3, 0.4) is 0 Å². The van der Waals surface area contributed by atoms with E-state index in [1.165, 1.54) is 6.92 Å². The summed E-state index contributed by atoms with van der Waals surface area (Å²) in [6.07, 6.45) is 0.929. The summed E-state index contributed by atoms with van der Waals surface area (Å²) in [7, 11) is -3.11. The fourth-order valence-electron chi connectivity index (χ4n) is 0.493. The molecule has 0 spiro atoms. The minimum Gasteiger partial charge on any atom is -0.380 e. The zero-order chi connectivity index (χ0) is 9.78. The molecule has 0 amide bonds. The smallest absolute Gasteiger partial charge is 0.316 e. The molecule has 0 saturated carbocycles. The quantitative estimate of drug-likeness (QED) is 0.471. The molecule has 5 nitrogen and oxygen atoms in total. The summed E-state index contributed by atoms with van der Waals surface area (Å²) in [6, 6.07) is 0. The van der Waals surface area contributed by atoms with Gasteiger partial charge in [-0.05, 0) is 13.0 Å². The molecule has 0 aromatic carbocycles. The van der Waals surface area contributed by atoms with E-state index in [0.717, 1.165) is 6.08 Å². The standard InChI is InChI=1S/C6H11O5P/c1-3-5(7)6(2,8)4-11-12(9)10/h3,8,12H,1,4H2,2H3,(H,9,10). The highest BCUT2D eigenvalue weighted by Gasteiger charge is 2.28. The molecule has 2 N–H and O–H groups in total. The molecular weight excluding hydrogens is 183 g/mol. The molecule has 0 saturated heterocycles. The van der Waals surface area contributed by atoms with Gasteiger partial charge in [0.1, 0.15) is 5.60 Å². The van der Waals surface area contributed by atoms with E-state index >= 15 is 0 Å². The molecule has 0 bridgehead atoms. The van der Waals surface area contributed by atoms with Gasteiger partial charge in [0.2, 0.25) is 0 Å². The monoisotopic (exact) mass is 194 g/mol. The molecular formula is C6H11O5P. The molecule has 70 valence electrons. The van der Waals surface area contributed by atoms with Gasteiger partial charge in [0.05, 0.1) is 6.61 Å². The van der Waals surface area contributed by atoms with Gasteiger partial charge in [0, 0.05) is 0 Å². The Hall–Kier alpha value is -0.480. The van der Waals surface area contributed by atoms with E-state index in [-0.39, 0.29) is 0 Å². The first kappa shape index (κ1) is 11.5. The second kappa shape index (κ2) is 4.52. The van der Waals surface area contributed by atoms with Crippen molar-refractivity contribution in [3.63, 3.8) is 0 Å². The molecule has 0 heterocycles. The number of hydrogen-bond donors (Lipinski definition) is 2. The third kappa shape index (κ3) is 3.78. The number of rotatable bonds is 5. The Kier molecular flexibility index (Phi) is 4.34. The van der Waals surface area contributed by atoms with Crippen LogP contribution < -0.4 is 0 Å². The van der Waals surface area contributed by atoms with Crippen LogP contribution in [0.5, 0.6) is 0 Å². The van der Waals surface area contributed by atoms with Crippen LogP contribution in [0.2, 0.25) is 0 Å². The number of carbonyl (C=O) groups is 1. The summed E-state index contributed by atoms with van der Waals surface area (Å²) in [4.78, 5) is 19.1. The van der Waals surface area contributed by atoms with Crippen molar-refractivity contribution in [3.05, 3.63) is 12.7 Å². The number of ketones is 1. The van der Waals surface area contributed by atoms with E-state index in [1.807, 2.05) is 0 Å². The van der Waals surface area contributed by atoms with Gasteiger partial charge in [-0.25, -0.2) is 0 Å². The molecule has 0 aliphatic heterocycles. The van der Waals surface area contributed by atoms with Crippen LogP contribution in [0.1, 0.15) is 6.92 Å². The van der Waals surface area contributed by atoms with E-state index in [0.29, 0.717) is 0 Å². The molecule has 0 rings (SSSR count). The molecule has 6 heteroatoms. The summed E-state index contributed by atoms with van der Waals surface area (Å²) in [5.74, 6) is -0.647. The van der Waals surface area contributed by atoms with Crippen molar-refractivity contribution in [2.45, 2.75) is 12.5 Å².